The standard InChI is InChI=1S/C44H79O11P/c1-3-5-7-9-11-13-15-17-18-19-21-23-25-27-29-33-44(48)54-40(38-53-56(49,50)52-36-39(46)35-45)37-51-43(47)34-30-32-42-41(55-42)31-28-26-24-22-20-16-14-12-10-8-6-4-2/h12,14,20,22,26,28,39-42,45-46H,3-11,13,15-19,21,23-25,27,29-38H2,1-2H3,(H,49,50)/b14-12-,22-20-,28-26-/t39-,40+,41?,42?/m0/s1. The summed E-state index contributed by atoms with van der Waals surface area (Å²) in [5, 5.41) is 18.3. The molecule has 0 amide bonds. The summed E-state index contributed by atoms with van der Waals surface area (Å²) in [6.07, 6.45) is 38.4. The second-order valence-electron chi connectivity index (χ2n) is 15.1. The van der Waals surface area contributed by atoms with Crippen LogP contribution in [-0.2, 0) is 37.4 Å². The molecule has 56 heavy (non-hydrogen) atoms. The minimum atomic E-state index is -4.64. The van der Waals surface area contributed by atoms with E-state index in [0.717, 1.165) is 51.4 Å². The van der Waals surface area contributed by atoms with Gasteiger partial charge in [0.2, 0.25) is 0 Å². The van der Waals surface area contributed by atoms with Gasteiger partial charge in [0.1, 0.15) is 12.7 Å². The van der Waals surface area contributed by atoms with Crippen LogP contribution < -0.4 is 0 Å². The number of rotatable bonds is 40. The van der Waals surface area contributed by atoms with Gasteiger partial charge in [-0.25, -0.2) is 4.57 Å². The van der Waals surface area contributed by atoms with Gasteiger partial charge in [0, 0.05) is 12.8 Å². The Labute approximate surface area is 339 Å². The van der Waals surface area contributed by atoms with Crippen molar-refractivity contribution in [3.8, 4) is 0 Å². The molecule has 0 saturated carbocycles. The quantitative estimate of drug-likeness (QED) is 0.0177. The van der Waals surface area contributed by atoms with Gasteiger partial charge in [-0.3, -0.25) is 18.6 Å². The lowest BCUT2D eigenvalue weighted by atomic mass is 10.0. The predicted molar refractivity (Wildman–Crippen MR) is 223 cm³/mol. The summed E-state index contributed by atoms with van der Waals surface area (Å²) in [6, 6.07) is 0. The lowest BCUT2D eigenvalue weighted by Gasteiger charge is -2.20. The molecule has 1 rings (SSSR count). The van der Waals surface area contributed by atoms with Crippen LogP contribution in [0, 0.1) is 0 Å². The number of aliphatic hydroxyl groups excluding tert-OH is 2. The molecule has 3 N–H and O–H groups in total. The fourth-order valence-electron chi connectivity index (χ4n) is 6.20. The van der Waals surface area contributed by atoms with Gasteiger partial charge in [-0.15, -0.1) is 0 Å². The summed E-state index contributed by atoms with van der Waals surface area (Å²) in [7, 11) is -4.64. The molecule has 11 nitrogen and oxygen atoms in total. The number of hydrogen-bond donors (Lipinski definition) is 3. The summed E-state index contributed by atoms with van der Waals surface area (Å²) < 4.78 is 38.5. The second kappa shape index (κ2) is 36.2. The van der Waals surface area contributed by atoms with E-state index in [1.807, 2.05) is 0 Å². The van der Waals surface area contributed by atoms with Gasteiger partial charge in [0.15, 0.2) is 6.10 Å². The number of hydrogen-bond acceptors (Lipinski definition) is 10. The Morgan fingerprint density at radius 1 is 0.643 bits per heavy atom. The first kappa shape index (κ1) is 52.2. The first-order valence-electron chi connectivity index (χ1n) is 22.1. The molecule has 0 spiro atoms. The fourth-order valence-corrected chi connectivity index (χ4v) is 6.99. The molecule has 326 valence electrons. The number of esters is 2. The molecular formula is C44H79O11P. The van der Waals surface area contributed by atoms with Gasteiger partial charge in [-0.1, -0.05) is 153 Å². The zero-order valence-electron chi connectivity index (χ0n) is 35.0. The minimum Gasteiger partial charge on any atom is -0.462 e. The van der Waals surface area contributed by atoms with Crippen molar-refractivity contribution in [2.24, 2.45) is 0 Å². The van der Waals surface area contributed by atoms with Gasteiger partial charge in [-0.2, -0.15) is 0 Å². The van der Waals surface area contributed by atoms with Crippen molar-refractivity contribution in [1.82, 2.24) is 0 Å². The SMILES string of the molecule is CCCCC/C=C\C/C=C\C/C=C\CC1OC1CCCC(=O)OC[C@H](COP(=O)(O)OC[C@@H](O)CO)OC(=O)CCCCCCCCCCCCCCCCC. The minimum absolute atomic E-state index is 0.116. The zero-order valence-corrected chi connectivity index (χ0v) is 35.9. The third-order valence-electron chi connectivity index (χ3n) is 9.72. The van der Waals surface area contributed by atoms with Gasteiger partial charge in [0.25, 0.3) is 0 Å². The number of allylic oxidation sites excluding steroid dienone is 5. The number of phosphoric acid groups is 1. The first-order chi connectivity index (χ1) is 27.2. The smallest absolute Gasteiger partial charge is 0.462 e. The number of carbonyl (C=O) groups is 2. The lowest BCUT2D eigenvalue weighted by Crippen LogP contribution is -2.29. The van der Waals surface area contributed by atoms with Crippen LogP contribution in [0.25, 0.3) is 0 Å². The van der Waals surface area contributed by atoms with E-state index in [1.54, 1.807) is 0 Å². The molecule has 1 aliphatic rings. The van der Waals surface area contributed by atoms with Gasteiger partial charge in [0.05, 0.1) is 32.0 Å². The summed E-state index contributed by atoms with van der Waals surface area (Å²) in [4.78, 5) is 35.1. The lowest BCUT2D eigenvalue weighted by molar-refractivity contribution is -0.161. The predicted octanol–water partition coefficient (Wildman–Crippen LogP) is 10.5. The number of ether oxygens (including phenoxy) is 3. The Balaban J connectivity index is 2.30. The highest BCUT2D eigenvalue weighted by Gasteiger charge is 2.36. The molecule has 1 aliphatic heterocycles. The number of unbranched alkanes of at least 4 members (excludes halogenated alkanes) is 17. The van der Waals surface area contributed by atoms with E-state index in [-0.39, 0.29) is 31.7 Å². The number of epoxide rings is 1. The molecule has 0 bridgehead atoms. The normalized spacial score (nSPS) is 17.8. The van der Waals surface area contributed by atoms with E-state index in [2.05, 4.69) is 50.3 Å². The number of phosphoric ester groups is 1. The molecule has 1 heterocycles. The van der Waals surface area contributed by atoms with E-state index in [1.165, 1.54) is 89.9 Å². The van der Waals surface area contributed by atoms with Gasteiger partial charge in [-0.05, 0) is 51.4 Å². The van der Waals surface area contributed by atoms with Crippen molar-refractivity contribution < 1.29 is 52.5 Å². The Morgan fingerprint density at radius 2 is 1.16 bits per heavy atom. The van der Waals surface area contributed by atoms with Crippen molar-refractivity contribution in [1.29, 1.82) is 0 Å². The van der Waals surface area contributed by atoms with E-state index >= 15 is 0 Å². The molecule has 3 unspecified atom stereocenters. The maximum Gasteiger partial charge on any atom is 0.472 e. The van der Waals surface area contributed by atoms with Crippen LogP contribution in [0.3, 0.4) is 0 Å². The first-order valence-corrected chi connectivity index (χ1v) is 23.6. The average Bonchev–Trinajstić information content (AvgIpc) is 3.94. The van der Waals surface area contributed by atoms with Crippen molar-refractivity contribution in [3.05, 3.63) is 36.5 Å². The summed E-state index contributed by atoms with van der Waals surface area (Å²) in [6.45, 7) is 2.28. The molecule has 0 aliphatic carbocycles. The van der Waals surface area contributed by atoms with Crippen molar-refractivity contribution in [3.63, 3.8) is 0 Å². The third kappa shape index (κ3) is 33.2. The van der Waals surface area contributed by atoms with E-state index in [4.69, 9.17) is 28.4 Å². The topological polar surface area (TPSA) is 161 Å². The number of carbonyl (C=O) groups excluding carboxylic acids is 2. The highest BCUT2D eigenvalue weighted by atomic mass is 31.2. The molecule has 12 heteroatoms. The van der Waals surface area contributed by atoms with E-state index in [0.29, 0.717) is 12.8 Å². The Kier molecular flexibility index (Phi) is 33.8. The Morgan fingerprint density at radius 3 is 1.77 bits per heavy atom. The van der Waals surface area contributed by atoms with Crippen LogP contribution >= 0.6 is 7.82 Å². The Bertz CT molecular complexity index is 1090. The average molecular weight is 815 g/mol. The number of aliphatic hydroxyl groups is 2. The molecule has 0 aromatic heterocycles. The molecule has 0 aromatic rings. The molecule has 5 atom stereocenters. The molecule has 0 radical (unpaired) electrons. The second-order valence-corrected chi connectivity index (χ2v) is 16.6. The van der Waals surface area contributed by atoms with Crippen LogP contribution in [-0.4, -0.2) is 77.9 Å². The zero-order chi connectivity index (χ0) is 41.0. The van der Waals surface area contributed by atoms with Crippen LogP contribution in [0.15, 0.2) is 36.5 Å². The maximum atomic E-state index is 12.6. The van der Waals surface area contributed by atoms with Crippen LogP contribution in [0.4, 0.5) is 0 Å². The fraction of sp³-hybridized carbons (Fsp3) is 0.818. The highest BCUT2D eigenvalue weighted by molar-refractivity contribution is 7.47. The molecule has 0 aromatic carbocycles. The molecule has 1 fully saturated rings. The largest absolute Gasteiger partial charge is 0.472 e. The van der Waals surface area contributed by atoms with E-state index in [9.17, 15) is 24.2 Å². The maximum absolute atomic E-state index is 12.6. The van der Waals surface area contributed by atoms with Gasteiger partial charge >= 0.3 is 19.8 Å². The molecule has 1 saturated heterocycles. The Hall–Kier alpha value is -1.85. The van der Waals surface area contributed by atoms with Crippen molar-refractivity contribution in [2.45, 2.75) is 205 Å². The van der Waals surface area contributed by atoms with Crippen molar-refractivity contribution in [2.75, 3.05) is 26.4 Å². The summed E-state index contributed by atoms with van der Waals surface area (Å²) >= 11 is 0. The summed E-state index contributed by atoms with van der Waals surface area (Å²) in [5.74, 6) is -0.997. The van der Waals surface area contributed by atoms with Gasteiger partial charge < -0.3 is 29.3 Å². The highest BCUT2D eigenvalue weighted by Crippen LogP contribution is 2.43. The van der Waals surface area contributed by atoms with Crippen LogP contribution in [0.1, 0.15) is 181 Å². The third-order valence-corrected chi connectivity index (χ3v) is 10.7. The monoisotopic (exact) mass is 815 g/mol. The van der Waals surface area contributed by atoms with Crippen molar-refractivity contribution >= 4 is 19.8 Å². The summed E-state index contributed by atoms with van der Waals surface area (Å²) in [5.41, 5.74) is 0. The molecular weight excluding hydrogens is 735 g/mol. The van der Waals surface area contributed by atoms with E-state index < -0.39 is 51.8 Å². The van der Waals surface area contributed by atoms with Crippen LogP contribution in [0.5, 0.6) is 0 Å². The van der Waals surface area contributed by atoms with Crippen LogP contribution in [0.2, 0.25) is 0 Å².